The first-order valence-electron chi connectivity index (χ1n) is 13.2. The van der Waals surface area contributed by atoms with Gasteiger partial charge in [-0.25, -0.2) is 0 Å². The summed E-state index contributed by atoms with van der Waals surface area (Å²) < 4.78 is 3.55. The Bertz CT molecular complexity index is 1310. The zero-order valence-corrected chi connectivity index (χ0v) is 28.1. The number of allylic oxidation sites excluding steroid dienone is 6. The Balaban J connectivity index is 0.00000168. The summed E-state index contributed by atoms with van der Waals surface area (Å²) in [5.74, 6) is -0.906. The largest absolute Gasteiger partial charge is 1.00 e. The fraction of sp³-hybridized carbons (Fsp3) is 0.250. The van der Waals surface area contributed by atoms with E-state index < -0.39 is 26.8 Å². The first-order valence-corrected chi connectivity index (χ1v) is 22.8. The molecule has 2 aromatic rings. The minimum atomic E-state index is -2.14. The molecule has 2 heterocycles. The number of hydrogen-bond donors (Lipinski definition) is 0. The van der Waals surface area contributed by atoms with Crippen LogP contribution in [0.25, 0.3) is 0 Å². The molecule has 4 aliphatic rings. The smallest absolute Gasteiger partial charge is 1.00 e. The summed E-state index contributed by atoms with van der Waals surface area (Å²) in [4.78, 5) is 5.09. The van der Waals surface area contributed by atoms with Crippen LogP contribution in [0.15, 0.2) is 125 Å². The monoisotopic (exact) mass is 635 g/mol. The van der Waals surface area contributed by atoms with Gasteiger partial charge in [0.1, 0.15) is 0 Å². The van der Waals surface area contributed by atoms with Crippen molar-refractivity contribution in [2.24, 2.45) is 0 Å². The van der Waals surface area contributed by atoms with Crippen LogP contribution in [-0.4, -0.2) is 18.0 Å². The van der Waals surface area contributed by atoms with Gasteiger partial charge in [-0.1, -0.05) is 0 Å². The third-order valence-electron chi connectivity index (χ3n) is 7.92. The van der Waals surface area contributed by atoms with Gasteiger partial charge in [0.15, 0.2) is 0 Å². The van der Waals surface area contributed by atoms with Crippen molar-refractivity contribution in [2.75, 3.05) is 9.80 Å². The summed E-state index contributed by atoms with van der Waals surface area (Å²) in [6.45, 7) is 14.7. The molecular weight excluding hydrogens is 603 g/mol. The predicted molar refractivity (Wildman–Crippen MR) is 153 cm³/mol. The maximum Gasteiger partial charge on any atom is -1.00 e. The van der Waals surface area contributed by atoms with E-state index in [9.17, 15) is 0 Å². The summed E-state index contributed by atoms with van der Waals surface area (Å²) >= 11 is -2.14. The van der Waals surface area contributed by atoms with Crippen LogP contribution in [-0.2, 0) is 20.9 Å². The van der Waals surface area contributed by atoms with Crippen molar-refractivity contribution in [1.29, 1.82) is 0 Å². The average Bonchev–Trinajstić information content (AvgIpc) is 3.53. The van der Waals surface area contributed by atoms with Crippen LogP contribution >= 0.6 is 0 Å². The molecule has 2 aliphatic heterocycles. The summed E-state index contributed by atoms with van der Waals surface area (Å²) in [6.07, 6.45) is 10.1. The van der Waals surface area contributed by atoms with Crippen molar-refractivity contribution in [3.8, 4) is 0 Å². The van der Waals surface area contributed by atoms with Crippen LogP contribution < -0.4 is 34.6 Å². The molecular formula is C32H35Cl2N2SiZr. The number of benzene rings is 2. The van der Waals surface area contributed by atoms with Crippen molar-refractivity contribution in [3.05, 3.63) is 125 Å². The van der Waals surface area contributed by atoms with Crippen LogP contribution in [0.1, 0.15) is 27.7 Å². The molecule has 0 amide bonds. The Hall–Kier alpha value is -1.84. The molecule has 2 atom stereocenters. The van der Waals surface area contributed by atoms with Crippen molar-refractivity contribution < 1.29 is 45.7 Å². The number of para-hydroxylation sites is 2. The molecule has 0 aromatic heterocycles. The van der Waals surface area contributed by atoms with Gasteiger partial charge in [0.05, 0.1) is 0 Å². The minimum Gasteiger partial charge on any atom is -1.00 e. The Morgan fingerprint density at radius 2 is 1.00 bits per heavy atom. The normalized spacial score (nSPS) is 21.6. The van der Waals surface area contributed by atoms with Crippen molar-refractivity contribution in [2.45, 2.75) is 52.9 Å². The molecule has 0 radical (unpaired) electrons. The summed E-state index contributed by atoms with van der Waals surface area (Å²) in [6, 6.07) is 22.6. The number of hydrogen-bond acceptors (Lipinski definition) is 2. The van der Waals surface area contributed by atoms with E-state index in [2.05, 4.69) is 136 Å². The topological polar surface area (TPSA) is 6.48 Å². The van der Waals surface area contributed by atoms with Crippen molar-refractivity contribution >= 4 is 17.3 Å². The van der Waals surface area contributed by atoms with Crippen LogP contribution in [0.2, 0.25) is 13.1 Å². The van der Waals surface area contributed by atoms with E-state index in [0.29, 0.717) is 12.1 Å². The molecule has 0 N–H and O–H groups in total. The molecule has 0 bridgehead atoms. The predicted octanol–water partition coefficient (Wildman–Crippen LogP) is 1.61. The van der Waals surface area contributed by atoms with Gasteiger partial charge in [-0.15, -0.1) is 0 Å². The second-order valence-corrected chi connectivity index (χ2v) is 29.5. The fourth-order valence-corrected chi connectivity index (χ4v) is 26.3. The third kappa shape index (κ3) is 4.62. The third-order valence-corrected chi connectivity index (χ3v) is 26.9. The second kappa shape index (κ2) is 11.3. The molecule has 195 valence electrons. The molecule has 0 spiro atoms. The molecule has 6 heteroatoms. The van der Waals surface area contributed by atoms with E-state index in [-0.39, 0.29) is 24.8 Å². The Morgan fingerprint density at radius 1 is 0.632 bits per heavy atom. The number of rotatable bonds is 5. The zero-order chi connectivity index (χ0) is 25.1. The van der Waals surface area contributed by atoms with E-state index in [1.807, 2.05) is 0 Å². The van der Waals surface area contributed by atoms with Crippen LogP contribution in [0.3, 0.4) is 0 Å². The molecule has 38 heavy (non-hydrogen) atoms. The minimum absolute atomic E-state index is 0. The van der Waals surface area contributed by atoms with Gasteiger partial charge in [0, 0.05) is 0 Å². The Morgan fingerprint density at radius 3 is 1.34 bits per heavy atom. The number of anilines is 2. The van der Waals surface area contributed by atoms with Crippen molar-refractivity contribution in [3.63, 3.8) is 0 Å². The Kier molecular flexibility index (Phi) is 8.70. The second-order valence-electron chi connectivity index (χ2n) is 10.8. The molecule has 2 unspecified atom stereocenters. The van der Waals surface area contributed by atoms with Gasteiger partial charge in [-0.3, -0.25) is 0 Å². The molecule has 0 fully saturated rings. The standard InChI is InChI=1S/2C15H14N.C2H7Si.2ClH.Zr/c2*1-11-8-13-10-12(2)16(15(13)9-11)14-6-4-3-5-7-14;1-3-2;;;/h2*3-7,9-10,12H,1-2H3;3H,1-2H3;2*1H;/q;;;;;+2/p-2. The quantitative estimate of drug-likeness (QED) is 0.460. The SMILES string of the molecule is CC1=[C]([Zr+2]([C]2=C(C)C=C3C2=CC(C)N3c2ccccc2)[SiH](C)C)C2=CC(C)N(c3ccccc3)C2=C1.[Cl-].[Cl-]. The molecule has 2 nitrogen and oxygen atoms in total. The van der Waals surface area contributed by atoms with Gasteiger partial charge in [0.2, 0.25) is 0 Å². The summed E-state index contributed by atoms with van der Waals surface area (Å²) in [5, 5.41) is 0. The van der Waals surface area contributed by atoms with Gasteiger partial charge < -0.3 is 24.8 Å². The van der Waals surface area contributed by atoms with Crippen LogP contribution in [0.4, 0.5) is 11.4 Å². The molecule has 0 saturated heterocycles. The summed E-state index contributed by atoms with van der Waals surface area (Å²) in [7, 11) is 0. The Labute approximate surface area is 249 Å². The van der Waals surface area contributed by atoms with Gasteiger partial charge in [0.25, 0.3) is 0 Å². The average molecular weight is 638 g/mol. The van der Waals surface area contributed by atoms with E-state index in [1.54, 1.807) is 17.7 Å². The molecule has 2 aromatic carbocycles. The fourth-order valence-electron chi connectivity index (χ4n) is 6.54. The van der Waals surface area contributed by atoms with Crippen molar-refractivity contribution in [1.82, 2.24) is 0 Å². The van der Waals surface area contributed by atoms with E-state index in [1.165, 1.54) is 33.9 Å². The van der Waals surface area contributed by atoms with Gasteiger partial charge in [-0.05, 0) is 0 Å². The van der Waals surface area contributed by atoms with Gasteiger partial charge in [-0.2, -0.15) is 0 Å². The molecule has 2 aliphatic carbocycles. The van der Waals surface area contributed by atoms with E-state index >= 15 is 0 Å². The number of halogens is 2. The maximum absolute atomic E-state index is 2.62. The zero-order valence-electron chi connectivity index (χ0n) is 23.0. The number of fused-ring (bicyclic) bond motifs is 2. The first-order chi connectivity index (χ1) is 17.4. The summed E-state index contributed by atoms with van der Waals surface area (Å²) in [5.41, 5.74) is 11.6. The molecule has 0 saturated carbocycles. The van der Waals surface area contributed by atoms with E-state index in [4.69, 9.17) is 0 Å². The van der Waals surface area contributed by atoms with Crippen LogP contribution in [0.5, 0.6) is 0 Å². The maximum atomic E-state index is 2.62. The first kappa shape index (κ1) is 29.2. The molecule has 6 rings (SSSR count). The van der Waals surface area contributed by atoms with Gasteiger partial charge >= 0.3 is 226 Å². The number of nitrogens with zero attached hydrogens (tertiary/aromatic N) is 2. The van der Waals surface area contributed by atoms with Crippen LogP contribution in [0, 0.1) is 0 Å². The van der Waals surface area contributed by atoms with E-state index in [0.717, 1.165) is 0 Å².